The minimum atomic E-state index is -2.02. The van der Waals surface area contributed by atoms with Crippen molar-refractivity contribution in [3.63, 3.8) is 0 Å². The first kappa shape index (κ1) is 38.6. The van der Waals surface area contributed by atoms with Crippen molar-refractivity contribution in [2.24, 2.45) is 22.7 Å². The number of hydrogen-bond acceptors (Lipinski definition) is 11. The smallest absolute Gasteiger partial charge is 0.331 e. The lowest BCUT2D eigenvalue weighted by Gasteiger charge is -2.67. The van der Waals surface area contributed by atoms with Crippen LogP contribution in [0.4, 0.5) is 0 Å². The van der Waals surface area contributed by atoms with E-state index < -0.39 is 63.5 Å². The van der Waals surface area contributed by atoms with Crippen LogP contribution < -0.4 is 14.2 Å². The second kappa shape index (κ2) is 13.7. The topological polar surface area (TPSA) is 158 Å². The number of carbonyl (C=O) groups is 3. The number of methoxy groups -OCH3 is 3. The van der Waals surface area contributed by atoms with Crippen LogP contribution in [0.15, 0.2) is 41.5 Å². The zero-order valence-electron chi connectivity index (χ0n) is 31.3. The highest BCUT2D eigenvalue weighted by Gasteiger charge is 2.81. The maximum absolute atomic E-state index is 13.3. The number of Topliss-reactive ketones (excluding diaryl/α,β-unsaturated/α-hetero) is 1. The summed E-state index contributed by atoms with van der Waals surface area (Å²) in [5.74, 6) is -0.810. The lowest BCUT2D eigenvalue weighted by Crippen LogP contribution is -2.78. The van der Waals surface area contributed by atoms with Crippen LogP contribution in [-0.2, 0) is 23.9 Å². The van der Waals surface area contributed by atoms with E-state index in [1.807, 2.05) is 33.8 Å². The average molecular weight is 711 g/mol. The molecule has 4 aliphatic carbocycles. The molecule has 51 heavy (non-hydrogen) atoms. The number of ketones is 1. The number of benzene rings is 1. The first-order valence-electron chi connectivity index (χ1n) is 17.8. The summed E-state index contributed by atoms with van der Waals surface area (Å²) < 4.78 is 28.2. The van der Waals surface area contributed by atoms with Gasteiger partial charge in [0.05, 0.1) is 26.7 Å². The van der Waals surface area contributed by atoms with Crippen LogP contribution in [0.1, 0.15) is 92.1 Å². The first-order valence-corrected chi connectivity index (χ1v) is 17.8. The van der Waals surface area contributed by atoms with Crippen LogP contribution in [0, 0.1) is 22.7 Å². The molecule has 0 aromatic heterocycles. The molecule has 11 heteroatoms. The van der Waals surface area contributed by atoms with Crippen LogP contribution in [-0.4, -0.2) is 83.4 Å². The molecule has 11 nitrogen and oxygen atoms in total. The Morgan fingerprint density at radius 2 is 1.55 bits per heavy atom. The van der Waals surface area contributed by atoms with E-state index in [9.17, 15) is 29.7 Å². The normalized spacial score (nSPS) is 36.1. The quantitative estimate of drug-likeness (QED) is 0.165. The van der Waals surface area contributed by atoms with Crippen LogP contribution >= 0.6 is 0 Å². The van der Waals surface area contributed by atoms with Gasteiger partial charge in [-0.05, 0) is 94.4 Å². The summed E-state index contributed by atoms with van der Waals surface area (Å²) >= 11 is 0. The molecule has 4 aliphatic rings. The van der Waals surface area contributed by atoms with Gasteiger partial charge in [0.25, 0.3) is 0 Å². The summed E-state index contributed by atoms with van der Waals surface area (Å²) in [5, 5.41) is 37.3. The molecule has 1 aromatic carbocycles. The molecular formula is C40H54O11. The molecule has 1 unspecified atom stereocenters. The fourth-order valence-electron chi connectivity index (χ4n) is 9.55. The van der Waals surface area contributed by atoms with Crippen LogP contribution in [0.3, 0.4) is 0 Å². The third-order valence-electron chi connectivity index (χ3n) is 13.0. The van der Waals surface area contributed by atoms with Crippen molar-refractivity contribution in [2.75, 3.05) is 21.3 Å². The number of fused-ring (bicyclic) bond motifs is 5. The Balaban J connectivity index is 1.41. The van der Waals surface area contributed by atoms with Crippen LogP contribution in [0.5, 0.6) is 17.2 Å². The van der Waals surface area contributed by atoms with E-state index in [2.05, 4.69) is 0 Å². The van der Waals surface area contributed by atoms with E-state index in [4.69, 9.17) is 23.7 Å². The van der Waals surface area contributed by atoms with Crippen molar-refractivity contribution in [3.05, 3.63) is 47.1 Å². The molecule has 0 heterocycles. The number of esters is 2. The molecule has 8 atom stereocenters. The zero-order valence-corrected chi connectivity index (χ0v) is 31.3. The minimum Gasteiger partial charge on any atom is -0.493 e. The third kappa shape index (κ3) is 5.99. The fourth-order valence-corrected chi connectivity index (χ4v) is 9.55. The summed E-state index contributed by atoms with van der Waals surface area (Å²) in [7, 11) is 4.55. The monoisotopic (exact) mass is 710 g/mol. The van der Waals surface area contributed by atoms with Crippen LogP contribution in [0.2, 0.25) is 0 Å². The number of rotatable bonds is 10. The number of hydrogen-bond donors (Lipinski definition) is 3. The number of carbonyl (C=O) groups excluding carboxylic acids is 3. The lowest BCUT2D eigenvalue weighted by molar-refractivity contribution is -0.314. The predicted octanol–water partition coefficient (Wildman–Crippen LogP) is 5.27. The summed E-state index contributed by atoms with van der Waals surface area (Å²) in [6, 6.07) is 3.45. The maximum atomic E-state index is 13.3. The average Bonchev–Trinajstić information content (AvgIpc) is 3.32. The van der Waals surface area contributed by atoms with E-state index in [1.165, 1.54) is 40.4 Å². The van der Waals surface area contributed by atoms with E-state index in [0.717, 1.165) is 11.1 Å². The second-order valence-corrected chi connectivity index (χ2v) is 15.6. The van der Waals surface area contributed by atoms with Gasteiger partial charge in [-0.1, -0.05) is 38.0 Å². The predicted molar refractivity (Wildman–Crippen MR) is 189 cm³/mol. The molecule has 280 valence electrons. The molecule has 3 N–H and O–H groups in total. The molecule has 0 amide bonds. The number of aliphatic hydroxyl groups is 3. The van der Waals surface area contributed by atoms with Gasteiger partial charge in [-0.25, -0.2) is 9.59 Å². The van der Waals surface area contributed by atoms with Crippen molar-refractivity contribution in [1.29, 1.82) is 0 Å². The molecule has 1 aromatic rings. The molecule has 0 radical (unpaired) electrons. The summed E-state index contributed by atoms with van der Waals surface area (Å²) in [6.07, 6.45) is 6.35. The molecule has 0 bridgehead atoms. The molecule has 0 spiro atoms. The molecule has 5 rings (SSSR count). The van der Waals surface area contributed by atoms with E-state index >= 15 is 0 Å². The van der Waals surface area contributed by atoms with Gasteiger partial charge < -0.3 is 39.0 Å². The lowest BCUT2D eigenvalue weighted by atomic mass is 9.42. The summed E-state index contributed by atoms with van der Waals surface area (Å²) in [4.78, 5) is 39.4. The highest BCUT2D eigenvalue weighted by molar-refractivity contribution is 5.88. The zero-order chi connectivity index (χ0) is 37.7. The first-order chi connectivity index (χ1) is 23.8. The van der Waals surface area contributed by atoms with Gasteiger partial charge in [0.1, 0.15) is 29.0 Å². The second-order valence-electron chi connectivity index (χ2n) is 15.6. The van der Waals surface area contributed by atoms with Gasteiger partial charge >= 0.3 is 11.9 Å². The van der Waals surface area contributed by atoms with Gasteiger partial charge in [-0.2, -0.15) is 0 Å². The van der Waals surface area contributed by atoms with Gasteiger partial charge in [0, 0.05) is 24.5 Å². The maximum Gasteiger partial charge on any atom is 0.331 e. The minimum absolute atomic E-state index is 0.0424. The Kier molecular flexibility index (Phi) is 10.4. The van der Waals surface area contributed by atoms with Crippen molar-refractivity contribution in [1.82, 2.24) is 0 Å². The number of allylic oxidation sites excluding steroid dienone is 1. The molecule has 0 saturated heterocycles. The fraction of sp³-hybridized carbons (Fsp3) is 0.625. The Morgan fingerprint density at radius 3 is 2.12 bits per heavy atom. The van der Waals surface area contributed by atoms with Gasteiger partial charge in [0.2, 0.25) is 5.75 Å². The van der Waals surface area contributed by atoms with Gasteiger partial charge in [-0.15, -0.1) is 0 Å². The SMILES string of the molecule is COc1cc(/C=C/C(=O)O[C@H]2CC[C@@]3(C)C(=CC[C@]4(O)C3C[C@@H](OC(=O)/C=C(\C)C(C)C)[C@@]3(C)[C@]4(O)CC[C@@]3(O)C(C)=O)C2)cc(OC)c1OC. The van der Waals surface area contributed by atoms with Crippen molar-refractivity contribution in [3.8, 4) is 17.2 Å². The van der Waals surface area contributed by atoms with Gasteiger partial charge in [-0.3, -0.25) is 4.79 Å². The molecule has 3 saturated carbocycles. The highest BCUT2D eigenvalue weighted by Crippen LogP contribution is 2.71. The molecule has 3 fully saturated rings. The van der Waals surface area contributed by atoms with Gasteiger partial charge in [0.15, 0.2) is 17.3 Å². The molecule has 0 aliphatic heterocycles. The Morgan fingerprint density at radius 1 is 0.902 bits per heavy atom. The third-order valence-corrected chi connectivity index (χ3v) is 13.0. The standard InChI is InChI=1S/C40H54O11/c1-23(2)24(3)18-34(43)51-32-22-31-36(5)14-13-28(50-33(42)11-10-26-19-29(47-7)35(49-9)30(20-26)48-8)21-27(36)12-15-39(31,45)40(46)17-16-38(44,25(4)41)37(32,40)6/h10-12,18-20,23,28,31-32,44-46H,13-17,21-22H2,1-9H3/b11-10+,24-18+/t28-,31?,32+,36-,37+,38+,39-,40+/m0/s1. The Hall–Kier alpha value is -3.67. The van der Waals surface area contributed by atoms with Crippen molar-refractivity contribution in [2.45, 2.75) is 115 Å². The van der Waals surface area contributed by atoms with E-state index in [0.29, 0.717) is 42.1 Å². The Bertz CT molecular complexity index is 1630. The molecular weight excluding hydrogens is 656 g/mol. The summed E-state index contributed by atoms with van der Waals surface area (Å²) in [6.45, 7) is 10.6. The van der Waals surface area contributed by atoms with E-state index in [-0.39, 0.29) is 31.6 Å². The van der Waals surface area contributed by atoms with Crippen LogP contribution in [0.25, 0.3) is 6.08 Å². The Labute approximate surface area is 300 Å². The van der Waals surface area contributed by atoms with Crippen molar-refractivity contribution < 1.29 is 53.4 Å². The van der Waals surface area contributed by atoms with E-state index in [1.54, 1.807) is 25.1 Å². The van der Waals surface area contributed by atoms with Crippen molar-refractivity contribution >= 4 is 23.8 Å². The highest BCUT2D eigenvalue weighted by atomic mass is 16.6. The largest absolute Gasteiger partial charge is 0.493 e. The summed E-state index contributed by atoms with van der Waals surface area (Å²) in [5.41, 5.74) is -5.56. The number of ether oxygens (including phenoxy) is 5.